The average molecular weight is 266 g/mol. The van der Waals surface area contributed by atoms with E-state index in [4.69, 9.17) is 14.2 Å². The molecule has 0 aromatic heterocycles. The number of carbonyl (C=O) groups is 1. The second kappa shape index (κ2) is 4.28. The number of rotatable bonds is 3. The normalized spacial score (nSPS) is 23.1. The lowest BCUT2D eigenvalue weighted by molar-refractivity contribution is -0.239. The van der Waals surface area contributed by atoms with Crippen LogP contribution in [0.1, 0.15) is 5.56 Å². The molecule has 1 aromatic rings. The van der Waals surface area contributed by atoms with Crippen molar-refractivity contribution in [1.29, 1.82) is 0 Å². The minimum atomic E-state index is -0.831. The summed E-state index contributed by atoms with van der Waals surface area (Å²) in [6.07, 6.45) is 0. The minimum Gasteiger partial charge on any atom is -0.468 e. The zero-order valence-corrected chi connectivity index (χ0v) is 10.6. The molecule has 0 bridgehead atoms. The number of benzene rings is 1. The Bertz CT molecular complexity index is 506. The van der Waals surface area contributed by atoms with Gasteiger partial charge in [0.15, 0.2) is 0 Å². The van der Waals surface area contributed by atoms with Crippen LogP contribution < -0.4 is 0 Å². The third kappa shape index (κ3) is 1.48. The fourth-order valence-corrected chi connectivity index (χ4v) is 2.94. The molecule has 2 heterocycles. The number of carbonyl (C=O) groups excluding carboxylic acids is 1. The summed E-state index contributed by atoms with van der Waals surface area (Å²) < 4.78 is 29.5. The Morgan fingerprint density at radius 1 is 1.21 bits per heavy atom. The monoisotopic (exact) mass is 266 g/mol. The standard InChI is InChI=1S/C14H15FO4/c1-17-12(16)14(8-19-9-14)13(6-18-7-13)10-4-2-3-5-11(10)15/h2-5H,6-9H2,1H3. The third-order valence-corrected chi connectivity index (χ3v) is 4.28. The molecular formula is C14H15FO4. The van der Waals surface area contributed by atoms with E-state index in [-0.39, 0.29) is 25.0 Å². The van der Waals surface area contributed by atoms with Crippen molar-refractivity contribution in [2.24, 2.45) is 5.41 Å². The van der Waals surface area contributed by atoms with Crippen LogP contribution in [0.4, 0.5) is 4.39 Å². The quantitative estimate of drug-likeness (QED) is 0.773. The second-order valence-corrected chi connectivity index (χ2v) is 5.12. The smallest absolute Gasteiger partial charge is 0.317 e. The third-order valence-electron chi connectivity index (χ3n) is 4.28. The molecule has 2 saturated heterocycles. The van der Waals surface area contributed by atoms with Gasteiger partial charge in [0, 0.05) is 0 Å². The highest BCUT2D eigenvalue weighted by atomic mass is 19.1. The van der Waals surface area contributed by atoms with Gasteiger partial charge in [0.2, 0.25) is 0 Å². The van der Waals surface area contributed by atoms with Crippen molar-refractivity contribution in [2.45, 2.75) is 5.41 Å². The molecule has 19 heavy (non-hydrogen) atoms. The Kier molecular flexibility index (Phi) is 2.83. The van der Waals surface area contributed by atoms with E-state index >= 15 is 0 Å². The van der Waals surface area contributed by atoms with E-state index in [2.05, 4.69) is 0 Å². The van der Waals surface area contributed by atoms with Crippen LogP contribution >= 0.6 is 0 Å². The van der Waals surface area contributed by atoms with E-state index in [9.17, 15) is 9.18 Å². The molecule has 0 aliphatic carbocycles. The topological polar surface area (TPSA) is 44.8 Å². The van der Waals surface area contributed by atoms with Gasteiger partial charge in [-0.1, -0.05) is 18.2 Å². The molecule has 4 nitrogen and oxygen atoms in total. The molecule has 102 valence electrons. The first-order chi connectivity index (χ1) is 9.16. The molecule has 0 amide bonds. The molecule has 2 aliphatic rings. The van der Waals surface area contributed by atoms with Gasteiger partial charge in [-0.05, 0) is 11.6 Å². The number of hydrogen-bond donors (Lipinski definition) is 0. The molecule has 2 aliphatic heterocycles. The van der Waals surface area contributed by atoms with Crippen molar-refractivity contribution in [3.8, 4) is 0 Å². The summed E-state index contributed by atoms with van der Waals surface area (Å²) in [5.41, 5.74) is -0.999. The number of ether oxygens (including phenoxy) is 3. The van der Waals surface area contributed by atoms with Gasteiger partial charge >= 0.3 is 5.97 Å². The fourth-order valence-electron chi connectivity index (χ4n) is 2.94. The van der Waals surface area contributed by atoms with Gasteiger partial charge in [-0.15, -0.1) is 0 Å². The molecule has 0 radical (unpaired) electrons. The lowest BCUT2D eigenvalue weighted by atomic mass is 9.57. The van der Waals surface area contributed by atoms with Gasteiger partial charge in [0.05, 0.1) is 39.0 Å². The summed E-state index contributed by atoms with van der Waals surface area (Å²) in [6, 6.07) is 6.51. The molecule has 3 rings (SSSR count). The molecular weight excluding hydrogens is 251 g/mol. The molecule has 1 aromatic carbocycles. The Morgan fingerprint density at radius 3 is 2.26 bits per heavy atom. The summed E-state index contributed by atoms with van der Waals surface area (Å²) in [6.45, 7) is 1.12. The fraction of sp³-hybridized carbons (Fsp3) is 0.500. The Hall–Kier alpha value is -1.46. The van der Waals surface area contributed by atoms with Crippen LogP contribution in [0.25, 0.3) is 0 Å². The largest absolute Gasteiger partial charge is 0.468 e. The van der Waals surface area contributed by atoms with Crippen LogP contribution in [0.5, 0.6) is 0 Å². The van der Waals surface area contributed by atoms with E-state index in [1.54, 1.807) is 18.2 Å². The number of hydrogen-bond acceptors (Lipinski definition) is 4. The summed E-state index contributed by atoms with van der Waals surface area (Å²) in [4.78, 5) is 12.2. The summed E-state index contributed by atoms with van der Waals surface area (Å²) in [5, 5.41) is 0. The van der Waals surface area contributed by atoms with E-state index in [1.807, 2.05) is 0 Å². The van der Waals surface area contributed by atoms with Crippen LogP contribution in [0, 0.1) is 11.2 Å². The Labute approximate surface area is 110 Å². The Morgan fingerprint density at radius 2 is 1.84 bits per heavy atom. The second-order valence-electron chi connectivity index (χ2n) is 5.12. The van der Waals surface area contributed by atoms with E-state index in [0.29, 0.717) is 18.8 Å². The molecule has 0 unspecified atom stereocenters. The molecule has 0 spiro atoms. The summed E-state index contributed by atoms with van der Waals surface area (Å²) >= 11 is 0. The average Bonchev–Trinajstić information content (AvgIpc) is 2.32. The van der Waals surface area contributed by atoms with Crippen molar-refractivity contribution in [2.75, 3.05) is 33.5 Å². The van der Waals surface area contributed by atoms with Gasteiger partial charge in [-0.3, -0.25) is 4.79 Å². The van der Waals surface area contributed by atoms with Crippen LogP contribution in [0.3, 0.4) is 0 Å². The highest BCUT2D eigenvalue weighted by molar-refractivity contribution is 5.81. The van der Waals surface area contributed by atoms with E-state index < -0.39 is 10.8 Å². The molecule has 0 atom stereocenters. The molecule has 5 heteroatoms. The number of esters is 1. The van der Waals surface area contributed by atoms with Crippen molar-refractivity contribution in [3.05, 3.63) is 35.6 Å². The Balaban J connectivity index is 2.09. The summed E-state index contributed by atoms with van der Waals surface area (Å²) in [5.74, 6) is -0.675. The first-order valence-corrected chi connectivity index (χ1v) is 6.15. The highest BCUT2D eigenvalue weighted by Gasteiger charge is 2.66. The van der Waals surface area contributed by atoms with Crippen LogP contribution in [-0.4, -0.2) is 39.5 Å². The zero-order valence-electron chi connectivity index (χ0n) is 10.6. The SMILES string of the molecule is COC(=O)C1(C2(c3ccccc3F)COC2)COC1. The first kappa shape index (κ1) is 12.6. The maximum Gasteiger partial charge on any atom is 0.317 e. The maximum absolute atomic E-state index is 14.1. The van der Waals surface area contributed by atoms with Crippen molar-refractivity contribution >= 4 is 5.97 Å². The maximum atomic E-state index is 14.1. The van der Waals surface area contributed by atoms with E-state index in [1.165, 1.54) is 13.2 Å². The number of halogens is 1. The zero-order chi connectivity index (χ0) is 13.5. The van der Waals surface area contributed by atoms with Crippen LogP contribution in [-0.2, 0) is 24.4 Å². The first-order valence-electron chi connectivity index (χ1n) is 6.15. The molecule has 0 saturated carbocycles. The predicted molar refractivity (Wildman–Crippen MR) is 64.2 cm³/mol. The van der Waals surface area contributed by atoms with Crippen molar-refractivity contribution in [1.82, 2.24) is 0 Å². The van der Waals surface area contributed by atoms with Gasteiger partial charge in [-0.2, -0.15) is 0 Å². The van der Waals surface area contributed by atoms with Crippen LogP contribution in [0.2, 0.25) is 0 Å². The van der Waals surface area contributed by atoms with Gasteiger partial charge in [0.25, 0.3) is 0 Å². The van der Waals surface area contributed by atoms with Gasteiger partial charge < -0.3 is 14.2 Å². The summed E-state index contributed by atoms with van der Waals surface area (Å²) in [7, 11) is 1.34. The predicted octanol–water partition coefficient (Wildman–Crippen LogP) is 1.28. The lowest BCUT2D eigenvalue weighted by Crippen LogP contribution is -2.70. The molecule has 2 fully saturated rings. The highest BCUT2D eigenvalue weighted by Crippen LogP contribution is 2.53. The molecule has 0 N–H and O–H groups in total. The lowest BCUT2D eigenvalue weighted by Gasteiger charge is -2.57. The van der Waals surface area contributed by atoms with Crippen molar-refractivity contribution in [3.63, 3.8) is 0 Å². The van der Waals surface area contributed by atoms with Gasteiger partial charge in [0.1, 0.15) is 11.2 Å². The van der Waals surface area contributed by atoms with Crippen molar-refractivity contribution < 1.29 is 23.4 Å². The van der Waals surface area contributed by atoms with Gasteiger partial charge in [-0.25, -0.2) is 4.39 Å². The number of methoxy groups -OCH3 is 1. The van der Waals surface area contributed by atoms with Crippen LogP contribution in [0.15, 0.2) is 24.3 Å². The minimum absolute atomic E-state index is 0.247. The van der Waals surface area contributed by atoms with E-state index in [0.717, 1.165) is 0 Å².